The van der Waals surface area contributed by atoms with Crippen molar-refractivity contribution in [3.8, 4) is 0 Å². The van der Waals surface area contributed by atoms with Crippen LogP contribution in [0.15, 0.2) is 30.3 Å². The maximum absolute atomic E-state index is 11.2. The zero-order valence-corrected chi connectivity index (χ0v) is 9.30. The monoisotopic (exact) mass is 222 g/mol. The molecule has 0 bridgehead atoms. The van der Waals surface area contributed by atoms with Crippen LogP contribution in [0.25, 0.3) is 0 Å². The van der Waals surface area contributed by atoms with Crippen LogP contribution in [0, 0.1) is 0 Å². The molecule has 0 N–H and O–H groups in total. The topological polar surface area (TPSA) is 52.6 Å². The minimum Gasteiger partial charge on any atom is -0.469 e. The largest absolute Gasteiger partial charge is 0.469 e. The lowest BCUT2D eigenvalue weighted by atomic mass is 10.1. The van der Waals surface area contributed by atoms with E-state index >= 15 is 0 Å². The smallest absolute Gasteiger partial charge is 0.309 e. The molecule has 1 aromatic rings. The van der Waals surface area contributed by atoms with Crippen LogP contribution in [0.5, 0.6) is 0 Å². The molecule has 4 nitrogen and oxygen atoms in total. The lowest BCUT2D eigenvalue weighted by molar-refractivity contribution is -0.152. The summed E-state index contributed by atoms with van der Waals surface area (Å²) in [4.78, 5) is 22.1. The maximum atomic E-state index is 11.2. The minimum atomic E-state index is -0.578. The molecule has 0 aliphatic heterocycles. The summed E-state index contributed by atoms with van der Waals surface area (Å²) in [6, 6.07) is 9.10. The number of hydrogen-bond donors (Lipinski definition) is 0. The molecular weight excluding hydrogens is 208 g/mol. The molecule has 0 unspecified atom stereocenters. The van der Waals surface area contributed by atoms with Gasteiger partial charge >= 0.3 is 11.9 Å². The third kappa shape index (κ3) is 3.73. The van der Waals surface area contributed by atoms with Gasteiger partial charge in [-0.2, -0.15) is 0 Å². The molecule has 1 atom stereocenters. The highest BCUT2D eigenvalue weighted by atomic mass is 16.6. The van der Waals surface area contributed by atoms with Gasteiger partial charge in [0.1, 0.15) is 6.10 Å². The van der Waals surface area contributed by atoms with Crippen LogP contribution in [0.1, 0.15) is 25.0 Å². The highest BCUT2D eigenvalue weighted by Gasteiger charge is 2.18. The average molecular weight is 222 g/mol. The molecule has 0 saturated carbocycles. The molecule has 86 valence electrons. The SMILES string of the molecule is COC(=O)C[C@H](OC(C)=O)c1ccccc1. The van der Waals surface area contributed by atoms with Gasteiger partial charge in [-0.05, 0) is 5.56 Å². The van der Waals surface area contributed by atoms with E-state index in [2.05, 4.69) is 4.74 Å². The fourth-order valence-corrected chi connectivity index (χ4v) is 1.33. The van der Waals surface area contributed by atoms with Gasteiger partial charge in [0.25, 0.3) is 0 Å². The highest BCUT2D eigenvalue weighted by Crippen LogP contribution is 2.21. The number of carbonyl (C=O) groups excluding carboxylic acids is 2. The van der Waals surface area contributed by atoms with Crippen LogP contribution in [0.4, 0.5) is 0 Å². The Labute approximate surface area is 94.2 Å². The van der Waals surface area contributed by atoms with E-state index in [1.54, 1.807) is 12.1 Å². The molecule has 0 fully saturated rings. The fraction of sp³-hybridized carbons (Fsp3) is 0.333. The van der Waals surface area contributed by atoms with Gasteiger partial charge in [0.2, 0.25) is 0 Å². The van der Waals surface area contributed by atoms with Crippen molar-refractivity contribution in [1.29, 1.82) is 0 Å². The summed E-state index contributed by atoms with van der Waals surface area (Å²) in [5, 5.41) is 0. The van der Waals surface area contributed by atoms with Crippen LogP contribution in [0.2, 0.25) is 0 Å². The molecule has 0 radical (unpaired) electrons. The lowest BCUT2D eigenvalue weighted by Gasteiger charge is -2.15. The van der Waals surface area contributed by atoms with Crippen molar-refractivity contribution in [2.75, 3.05) is 7.11 Å². The first-order valence-corrected chi connectivity index (χ1v) is 4.92. The molecule has 16 heavy (non-hydrogen) atoms. The second-order valence-corrected chi connectivity index (χ2v) is 3.29. The molecule has 4 heteroatoms. The van der Waals surface area contributed by atoms with Gasteiger partial charge in [-0.1, -0.05) is 30.3 Å². The van der Waals surface area contributed by atoms with E-state index in [9.17, 15) is 9.59 Å². The normalized spacial score (nSPS) is 11.6. The average Bonchev–Trinajstić information content (AvgIpc) is 2.28. The third-order valence-electron chi connectivity index (χ3n) is 2.06. The second-order valence-electron chi connectivity index (χ2n) is 3.29. The van der Waals surface area contributed by atoms with Crippen molar-refractivity contribution < 1.29 is 19.1 Å². The molecule has 0 aromatic heterocycles. The first-order valence-electron chi connectivity index (χ1n) is 4.92. The number of hydrogen-bond acceptors (Lipinski definition) is 4. The Morgan fingerprint density at radius 2 is 1.88 bits per heavy atom. The standard InChI is InChI=1S/C12H14O4/c1-9(13)16-11(8-12(14)15-2)10-6-4-3-5-7-10/h3-7,11H,8H2,1-2H3/t11-/m0/s1. The van der Waals surface area contributed by atoms with Crippen molar-refractivity contribution in [3.05, 3.63) is 35.9 Å². The summed E-state index contributed by atoms with van der Waals surface area (Å²) < 4.78 is 9.62. The van der Waals surface area contributed by atoms with Crippen molar-refractivity contribution in [1.82, 2.24) is 0 Å². The van der Waals surface area contributed by atoms with Gasteiger partial charge in [0.05, 0.1) is 13.5 Å². The summed E-state index contributed by atoms with van der Waals surface area (Å²) in [6.45, 7) is 1.31. The van der Waals surface area contributed by atoms with Crippen LogP contribution < -0.4 is 0 Å². The predicted molar refractivity (Wildman–Crippen MR) is 57.6 cm³/mol. The van der Waals surface area contributed by atoms with Gasteiger partial charge in [0, 0.05) is 6.92 Å². The summed E-state index contributed by atoms with van der Waals surface area (Å²) >= 11 is 0. The summed E-state index contributed by atoms with van der Waals surface area (Å²) in [6.07, 6.45) is -0.550. The third-order valence-corrected chi connectivity index (χ3v) is 2.06. The summed E-state index contributed by atoms with van der Waals surface area (Å²) in [5.41, 5.74) is 0.781. The second kappa shape index (κ2) is 5.90. The number of benzene rings is 1. The van der Waals surface area contributed by atoms with E-state index in [4.69, 9.17) is 4.74 Å². The number of esters is 2. The zero-order valence-electron chi connectivity index (χ0n) is 9.30. The van der Waals surface area contributed by atoms with E-state index in [1.165, 1.54) is 14.0 Å². The Bertz CT molecular complexity index is 359. The molecule has 0 aliphatic rings. The van der Waals surface area contributed by atoms with Crippen LogP contribution >= 0.6 is 0 Å². The van der Waals surface area contributed by atoms with E-state index in [0.717, 1.165) is 5.56 Å². The van der Waals surface area contributed by atoms with Crippen molar-refractivity contribution in [2.24, 2.45) is 0 Å². The molecule has 1 rings (SSSR count). The van der Waals surface area contributed by atoms with E-state index in [-0.39, 0.29) is 6.42 Å². The van der Waals surface area contributed by atoms with Crippen molar-refractivity contribution in [3.63, 3.8) is 0 Å². The number of ether oxygens (including phenoxy) is 2. The molecular formula is C12H14O4. The zero-order chi connectivity index (χ0) is 12.0. The first kappa shape index (κ1) is 12.2. The van der Waals surface area contributed by atoms with Gasteiger partial charge in [-0.25, -0.2) is 0 Å². The molecule has 0 spiro atoms. The van der Waals surface area contributed by atoms with E-state index in [0.29, 0.717) is 0 Å². The number of carbonyl (C=O) groups is 2. The van der Waals surface area contributed by atoms with E-state index in [1.807, 2.05) is 18.2 Å². The molecule has 0 aliphatic carbocycles. The van der Waals surface area contributed by atoms with Crippen LogP contribution in [0.3, 0.4) is 0 Å². The number of rotatable bonds is 4. The van der Waals surface area contributed by atoms with Gasteiger partial charge in [-0.15, -0.1) is 0 Å². The first-order chi connectivity index (χ1) is 7.63. The molecule has 0 amide bonds. The summed E-state index contributed by atoms with van der Waals surface area (Å²) in [7, 11) is 1.30. The van der Waals surface area contributed by atoms with Crippen molar-refractivity contribution >= 4 is 11.9 Å². The minimum absolute atomic E-state index is 0.0279. The lowest BCUT2D eigenvalue weighted by Crippen LogP contribution is -2.14. The Balaban J connectivity index is 2.79. The van der Waals surface area contributed by atoms with E-state index < -0.39 is 18.0 Å². The Morgan fingerprint density at radius 3 is 2.38 bits per heavy atom. The quantitative estimate of drug-likeness (QED) is 0.729. The molecule has 0 saturated heterocycles. The Hall–Kier alpha value is -1.84. The fourth-order valence-electron chi connectivity index (χ4n) is 1.33. The predicted octanol–water partition coefficient (Wildman–Crippen LogP) is 1.85. The number of methoxy groups -OCH3 is 1. The highest BCUT2D eigenvalue weighted by molar-refractivity contribution is 5.71. The van der Waals surface area contributed by atoms with Crippen LogP contribution in [-0.4, -0.2) is 19.0 Å². The van der Waals surface area contributed by atoms with Crippen molar-refractivity contribution in [2.45, 2.75) is 19.4 Å². The molecule has 1 aromatic carbocycles. The molecule has 0 heterocycles. The summed E-state index contributed by atoms with van der Waals surface area (Å²) in [5.74, 6) is -0.826. The van der Waals surface area contributed by atoms with Gasteiger partial charge in [-0.3, -0.25) is 9.59 Å². The Kier molecular flexibility index (Phi) is 4.51. The maximum Gasteiger partial charge on any atom is 0.309 e. The Morgan fingerprint density at radius 1 is 1.25 bits per heavy atom. The van der Waals surface area contributed by atoms with Gasteiger partial charge < -0.3 is 9.47 Å². The van der Waals surface area contributed by atoms with Gasteiger partial charge in [0.15, 0.2) is 0 Å². The van der Waals surface area contributed by atoms with Crippen LogP contribution in [-0.2, 0) is 19.1 Å².